The van der Waals surface area contributed by atoms with Crippen molar-refractivity contribution in [2.45, 2.75) is 0 Å². The van der Waals surface area contributed by atoms with Crippen LogP contribution in [0, 0.1) is 0 Å². The van der Waals surface area contributed by atoms with Crippen LogP contribution in [0.2, 0.25) is 0 Å². The predicted octanol–water partition coefficient (Wildman–Crippen LogP) is 0.770. The molecule has 0 aromatic carbocycles. The van der Waals surface area contributed by atoms with Crippen LogP contribution in [-0.2, 0) is 27.5 Å². The van der Waals surface area contributed by atoms with Crippen molar-refractivity contribution in [1.82, 2.24) is 0 Å². The Kier molecular flexibility index (Phi) is 21.1. The van der Waals surface area contributed by atoms with Crippen molar-refractivity contribution in [3.05, 3.63) is 0 Å². The van der Waals surface area contributed by atoms with E-state index >= 15 is 0 Å². The second-order valence-corrected chi connectivity index (χ2v) is 0.0583. The molecule has 0 aliphatic heterocycles. The van der Waals surface area contributed by atoms with Gasteiger partial charge in [0.1, 0.15) is 0 Å². The fraction of sp³-hybridized carbons (Fsp3) is 0. The Bertz CT molecular complexity index is 6.00. The third-order valence-corrected chi connectivity index (χ3v) is 0. The first-order valence-electron chi connectivity index (χ1n) is 0.309. The van der Waals surface area contributed by atoms with Crippen molar-refractivity contribution in [2.24, 2.45) is 0 Å². The van der Waals surface area contributed by atoms with E-state index in [2.05, 4.69) is 0 Å². The molecular weight excluding hydrogens is 235 g/mol. The first-order chi connectivity index (χ1) is 1.41. The molecule has 1 nitrogen and oxygen atoms in total. The molecule has 0 N–H and O–H groups in total. The van der Waals surface area contributed by atoms with Crippen LogP contribution < -0.4 is 0 Å². The van der Waals surface area contributed by atoms with Crippen LogP contribution in [0.15, 0.2) is 0 Å². The van der Waals surface area contributed by atoms with E-state index in [1.54, 1.807) is 0 Å². The maximum Gasteiger partial charge on any atom is 0.0209 e. The Morgan fingerprint density at radius 1 is 1.25 bits per heavy atom. The number of rotatable bonds is 0. The minimum atomic E-state index is 0. The summed E-state index contributed by atoms with van der Waals surface area (Å²) in [7, 11) is 0. The average Bonchev–Trinajstić information content (AvgIpc) is 0.918. The summed E-state index contributed by atoms with van der Waals surface area (Å²) in [4.78, 5) is 0. The zero-order chi connectivity index (χ0) is 2.71. The molecule has 0 aliphatic rings. The maximum atomic E-state index is 9.12. The zero-order valence-corrected chi connectivity index (χ0v) is 4.82. The third kappa shape index (κ3) is 19.9. The first-order valence-corrected chi connectivity index (χ1v) is 0.309. The van der Waals surface area contributed by atoms with Gasteiger partial charge in [0, 0.05) is 27.5 Å². The molecule has 0 saturated heterocycles. The SMILES string of the molecule is FOF.[Ta]. The van der Waals surface area contributed by atoms with Gasteiger partial charge in [0.25, 0.3) is 0 Å². The Morgan fingerprint density at radius 2 is 1.25 bits per heavy atom. The van der Waals surface area contributed by atoms with Gasteiger partial charge >= 0.3 is 0 Å². The zero-order valence-electron chi connectivity index (χ0n) is 1.61. The van der Waals surface area contributed by atoms with Crippen LogP contribution >= 0.6 is 0 Å². The molecule has 25 valence electrons. The fourth-order valence-electron chi connectivity index (χ4n) is 0. The van der Waals surface area contributed by atoms with Crippen molar-refractivity contribution >= 4 is 0 Å². The van der Waals surface area contributed by atoms with Gasteiger partial charge in [-0.15, -0.1) is 0 Å². The summed E-state index contributed by atoms with van der Waals surface area (Å²) in [5.41, 5.74) is 0. The summed E-state index contributed by atoms with van der Waals surface area (Å²) in [6.07, 6.45) is 0. The summed E-state index contributed by atoms with van der Waals surface area (Å²) in [5.74, 6) is 0. The Hall–Kier alpha value is 0.560. The monoisotopic (exact) mass is 235 g/mol. The summed E-state index contributed by atoms with van der Waals surface area (Å²) in [5, 5.41) is 1.25. The van der Waals surface area contributed by atoms with Gasteiger partial charge in [0.15, 0.2) is 0 Å². The number of hydrogen-bond donors (Lipinski definition) is 0. The van der Waals surface area contributed by atoms with Crippen LogP contribution in [0.4, 0.5) is 9.05 Å². The van der Waals surface area contributed by atoms with E-state index in [4.69, 9.17) is 9.05 Å². The Labute approximate surface area is 37.3 Å². The summed E-state index contributed by atoms with van der Waals surface area (Å²) >= 11 is 0. The van der Waals surface area contributed by atoms with Crippen LogP contribution in [0.3, 0.4) is 0 Å². The van der Waals surface area contributed by atoms with E-state index in [-0.39, 0.29) is 22.4 Å². The summed E-state index contributed by atoms with van der Waals surface area (Å²) in [6.45, 7) is 0. The molecule has 0 aromatic heterocycles. The number of halogens is 2. The molecule has 0 spiro atoms. The van der Waals surface area contributed by atoms with E-state index in [0.29, 0.717) is 0 Å². The van der Waals surface area contributed by atoms with Gasteiger partial charge in [-0.2, -0.15) is 0 Å². The van der Waals surface area contributed by atoms with Crippen molar-refractivity contribution in [3.63, 3.8) is 0 Å². The second-order valence-electron chi connectivity index (χ2n) is 0.0583. The van der Waals surface area contributed by atoms with Crippen LogP contribution in [0.1, 0.15) is 0 Å². The quantitative estimate of drug-likeness (QED) is 0.602. The van der Waals surface area contributed by atoms with Crippen molar-refractivity contribution < 1.29 is 36.6 Å². The van der Waals surface area contributed by atoms with Crippen LogP contribution in [0.25, 0.3) is 0 Å². The molecule has 0 amide bonds. The second kappa shape index (κ2) is 9.59. The van der Waals surface area contributed by atoms with Crippen molar-refractivity contribution in [2.75, 3.05) is 0 Å². The van der Waals surface area contributed by atoms with Crippen molar-refractivity contribution in [1.29, 1.82) is 0 Å². The van der Waals surface area contributed by atoms with E-state index in [1.807, 2.05) is 0 Å². The molecule has 0 atom stereocenters. The van der Waals surface area contributed by atoms with Gasteiger partial charge in [-0.1, -0.05) is 0 Å². The molecule has 0 aliphatic carbocycles. The van der Waals surface area contributed by atoms with Gasteiger partial charge < -0.3 is 0 Å². The third-order valence-electron chi connectivity index (χ3n) is 0. The molecular formula is F2OTa. The van der Waals surface area contributed by atoms with Gasteiger partial charge in [-0.3, -0.25) is 0 Å². The van der Waals surface area contributed by atoms with Gasteiger partial charge in [0.05, 0.1) is 0 Å². The van der Waals surface area contributed by atoms with Crippen LogP contribution in [0.5, 0.6) is 0 Å². The molecule has 0 bridgehead atoms. The molecule has 0 saturated carbocycles. The molecule has 0 aromatic rings. The van der Waals surface area contributed by atoms with Crippen LogP contribution in [-0.4, -0.2) is 0 Å². The standard InChI is InChI=1S/F2O.Ta/c1-3-2;. The number of hydrogen-bond acceptors (Lipinski definition) is 1. The average molecular weight is 235 g/mol. The molecule has 4 heteroatoms. The van der Waals surface area contributed by atoms with E-state index in [0.717, 1.165) is 0 Å². The van der Waals surface area contributed by atoms with Crippen molar-refractivity contribution in [3.8, 4) is 0 Å². The van der Waals surface area contributed by atoms with E-state index in [1.165, 1.54) is 5.15 Å². The fourth-order valence-corrected chi connectivity index (χ4v) is 0. The smallest absolute Gasteiger partial charge is 0.0104 e. The molecule has 1 radical (unpaired) electrons. The van der Waals surface area contributed by atoms with Gasteiger partial charge in [-0.25, -0.2) is 0 Å². The van der Waals surface area contributed by atoms with E-state index < -0.39 is 0 Å². The normalized spacial score (nSPS) is 4.50. The largest absolute Gasteiger partial charge is 0.0209 e. The molecule has 4 heavy (non-hydrogen) atoms. The minimum absolute atomic E-state index is 0. The van der Waals surface area contributed by atoms with E-state index in [9.17, 15) is 0 Å². The minimum Gasteiger partial charge on any atom is -0.0104 e. The maximum absolute atomic E-state index is 9.12. The summed E-state index contributed by atoms with van der Waals surface area (Å²) in [6, 6.07) is 0. The molecule has 0 unspecified atom stereocenters. The topological polar surface area (TPSA) is 9.23 Å². The van der Waals surface area contributed by atoms with Gasteiger partial charge in [-0.05, 0) is 9.05 Å². The molecule has 0 heterocycles. The molecule has 0 fully saturated rings. The Morgan fingerprint density at radius 3 is 1.25 bits per heavy atom. The Balaban J connectivity index is 0. The van der Waals surface area contributed by atoms with Gasteiger partial charge in [0.2, 0.25) is 0 Å². The summed E-state index contributed by atoms with van der Waals surface area (Å²) < 4.78 is 18.2. The molecule has 0 rings (SSSR count). The first kappa shape index (κ1) is 8.82. The predicted molar refractivity (Wildman–Crippen MR) is 3.30 cm³/mol.